The number of fused-ring (bicyclic) bond motifs is 1. The zero-order valence-electron chi connectivity index (χ0n) is 7.53. The molecule has 0 amide bonds. The van der Waals surface area contributed by atoms with Crippen molar-refractivity contribution in [1.82, 2.24) is 0 Å². The molecule has 2 aromatic carbocycles. The van der Waals surface area contributed by atoms with Gasteiger partial charge in [0.05, 0.1) is 0 Å². The Morgan fingerprint density at radius 3 is 2.71 bits per heavy atom. The van der Waals surface area contributed by atoms with Crippen LogP contribution in [0.3, 0.4) is 0 Å². The Morgan fingerprint density at radius 1 is 1.21 bits per heavy atom. The summed E-state index contributed by atoms with van der Waals surface area (Å²) in [5.41, 5.74) is 0.899. The predicted octanol–water partition coefficient (Wildman–Crippen LogP) is 2.79. The summed E-state index contributed by atoms with van der Waals surface area (Å²) in [6.07, 6.45) is 5.44. The van der Waals surface area contributed by atoms with Crippen LogP contribution in [0, 0.1) is 12.3 Å². The first kappa shape index (κ1) is 9.14. The van der Waals surface area contributed by atoms with Crippen molar-refractivity contribution in [1.29, 1.82) is 0 Å². The van der Waals surface area contributed by atoms with E-state index in [0.717, 1.165) is 21.2 Å². The van der Waals surface area contributed by atoms with E-state index in [1.54, 1.807) is 0 Å². The van der Waals surface area contributed by atoms with Crippen LogP contribution in [-0.4, -0.2) is 0 Å². The highest BCUT2D eigenvalue weighted by Gasteiger charge is 2.00. The molecule has 0 aliphatic heterocycles. The van der Waals surface area contributed by atoms with E-state index < -0.39 is 0 Å². The fourth-order valence-electron chi connectivity index (χ4n) is 1.47. The van der Waals surface area contributed by atoms with Crippen molar-refractivity contribution in [3.05, 3.63) is 42.0 Å². The van der Waals surface area contributed by atoms with Gasteiger partial charge in [-0.15, -0.1) is 6.42 Å². The van der Waals surface area contributed by atoms with Crippen molar-refractivity contribution in [2.45, 2.75) is 4.90 Å². The molecular weight excluding hydrogens is 190 g/mol. The number of rotatable bonds is 1. The van der Waals surface area contributed by atoms with Gasteiger partial charge in [-0.1, -0.05) is 30.2 Å². The topological polar surface area (TPSA) is 26.0 Å². The van der Waals surface area contributed by atoms with Crippen LogP contribution in [0.2, 0.25) is 0 Å². The van der Waals surface area contributed by atoms with E-state index in [-0.39, 0.29) is 0 Å². The maximum Gasteiger partial charge on any atom is 0.0332 e. The fraction of sp³-hybridized carbons (Fsp3) is 0. The second-order valence-corrected chi connectivity index (χ2v) is 3.66. The standard InChI is InChI=1S/C12H9NS/c1-2-9-7-11(14-13)8-10-5-3-4-6-12(9)10/h1,3-8H,13H2. The van der Waals surface area contributed by atoms with Gasteiger partial charge in [-0.3, -0.25) is 5.14 Å². The Labute approximate surface area is 87.4 Å². The van der Waals surface area contributed by atoms with Crippen molar-refractivity contribution in [2.75, 3.05) is 0 Å². The lowest BCUT2D eigenvalue weighted by Crippen LogP contribution is -1.84. The van der Waals surface area contributed by atoms with Gasteiger partial charge in [-0.25, -0.2) is 0 Å². The van der Waals surface area contributed by atoms with Crippen LogP contribution in [0.15, 0.2) is 41.3 Å². The molecule has 0 atom stereocenters. The van der Waals surface area contributed by atoms with Gasteiger partial charge in [-0.2, -0.15) is 0 Å². The molecule has 0 fully saturated rings. The van der Waals surface area contributed by atoms with E-state index in [4.69, 9.17) is 11.6 Å². The molecular formula is C12H9NS. The molecule has 0 heterocycles. The number of hydrogen-bond acceptors (Lipinski definition) is 2. The molecule has 1 nitrogen and oxygen atoms in total. The normalized spacial score (nSPS) is 10.0. The van der Waals surface area contributed by atoms with Gasteiger partial charge in [0.2, 0.25) is 0 Å². The maximum absolute atomic E-state index is 5.51. The van der Waals surface area contributed by atoms with Crippen LogP contribution in [-0.2, 0) is 0 Å². The Hall–Kier alpha value is -1.43. The third-order valence-corrected chi connectivity index (χ3v) is 2.63. The molecule has 0 saturated carbocycles. The minimum Gasteiger partial charge on any atom is -0.274 e. The zero-order chi connectivity index (χ0) is 9.97. The van der Waals surface area contributed by atoms with Gasteiger partial charge in [0.1, 0.15) is 0 Å². The summed E-state index contributed by atoms with van der Waals surface area (Å²) in [6, 6.07) is 12.0. The molecule has 0 radical (unpaired) electrons. The molecule has 0 bridgehead atoms. The molecule has 0 aliphatic carbocycles. The first-order valence-corrected chi connectivity index (χ1v) is 5.09. The van der Waals surface area contributed by atoms with Gasteiger partial charge in [0.15, 0.2) is 0 Å². The Bertz CT molecular complexity index is 511. The van der Waals surface area contributed by atoms with Crippen molar-refractivity contribution < 1.29 is 0 Å². The lowest BCUT2D eigenvalue weighted by molar-refractivity contribution is 1.48. The van der Waals surface area contributed by atoms with E-state index in [9.17, 15) is 0 Å². The molecule has 14 heavy (non-hydrogen) atoms. The van der Waals surface area contributed by atoms with Crippen molar-refractivity contribution >= 4 is 22.7 Å². The molecule has 0 saturated heterocycles. The Kier molecular flexibility index (Phi) is 2.45. The SMILES string of the molecule is C#Cc1cc(SN)cc2ccccc12. The number of benzene rings is 2. The Morgan fingerprint density at radius 2 is 2.00 bits per heavy atom. The summed E-state index contributed by atoms with van der Waals surface area (Å²) in [5.74, 6) is 2.68. The van der Waals surface area contributed by atoms with Crippen molar-refractivity contribution in [2.24, 2.45) is 5.14 Å². The van der Waals surface area contributed by atoms with E-state index in [0.29, 0.717) is 0 Å². The first-order valence-electron chi connectivity index (χ1n) is 4.21. The Balaban J connectivity index is 2.82. The minimum atomic E-state index is 0.899. The highest BCUT2D eigenvalue weighted by atomic mass is 32.2. The van der Waals surface area contributed by atoms with Gasteiger partial charge in [0.25, 0.3) is 0 Å². The van der Waals surface area contributed by atoms with Gasteiger partial charge in [0, 0.05) is 10.5 Å². The van der Waals surface area contributed by atoms with E-state index in [1.165, 1.54) is 11.9 Å². The minimum absolute atomic E-state index is 0.899. The molecule has 2 heteroatoms. The van der Waals surface area contributed by atoms with Crippen molar-refractivity contribution in [3.63, 3.8) is 0 Å². The van der Waals surface area contributed by atoms with Crippen LogP contribution in [0.1, 0.15) is 5.56 Å². The second-order valence-electron chi connectivity index (χ2n) is 2.95. The fourth-order valence-corrected chi connectivity index (χ4v) is 1.85. The summed E-state index contributed by atoms with van der Waals surface area (Å²) in [4.78, 5) is 0.997. The average molecular weight is 199 g/mol. The van der Waals surface area contributed by atoms with Gasteiger partial charge < -0.3 is 0 Å². The summed E-state index contributed by atoms with van der Waals surface area (Å²) in [5, 5.41) is 7.75. The highest BCUT2D eigenvalue weighted by molar-refractivity contribution is 7.97. The molecule has 0 aliphatic rings. The van der Waals surface area contributed by atoms with Crippen molar-refractivity contribution in [3.8, 4) is 12.3 Å². The average Bonchev–Trinajstić information content (AvgIpc) is 2.27. The molecule has 0 aromatic heterocycles. The molecule has 0 unspecified atom stereocenters. The summed E-state index contributed by atoms with van der Waals surface area (Å²) >= 11 is 1.22. The van der Waals surface area contributed by atoms with Crippen LogP contribution in [0.25, 0.3) is 10.8 Å². The third-order valence-electron chi connectivity index (χ3n) is 2.13. The number of nitrogens with two attached hydrogens (primary N) is 1. The van der Waals surface area contributed by atoms with Crippen LogP contribution in [0.4, 0.5) is 0 Å². The van der Waals surface area contributed by atoms with E-state index in [2.05, 4.69) is 5.92 Å². The number of hydrogen-bond donors (Lipinski definition) is 1. The maximum atomic E-state index is 5.51. The smallest absolute Gasteiger partial charge is 0.0332 e. The predicted molar refractivity (Wildman–Crippen MR) is 61.9 cm³/mol. The van der Waals surface area contributed by atoms with E-state index in [1.807, 2.05) is 36.4 Å². The van der Waals surface area contributed by atoms with Gasteiger partial charge in [-0.05, 0) is 34.9 Å². The second kappa shape index (κ2) is 3.75. The molecule has 0 spiro atoms. The lowest BCUT2D eigenvalue weighted by atomic mass is 10.1. The molecule has 2 rings (SSSR count). The summed E-state index contributed by atoms with van der Waals surface area (Å²) < 4.78 is 0. The molecule has 68 valence electrons. The zero-order valence-corrected chi connectivity index (χ0v) is 8.34. The molecule has 2 aromatic rings. The summed E-state index contributed by atoms with van der Waals surface area (Å²) in [6.45, 7) is 0. The lowest BCUT2D eigenvalue weighted by Gasteiger charge is -2.03. The third kappa shape index (κ3) is 1.48. The van der Waals surface area contributed by atoms with Crippen LogP contribution < -0.4 is 5.14 Å². The van der Waals surface area contributed by atoms with E-state index >= 15 is 0 Å². The molecule has 2 N–H and O–H groups in total. The summed E-state index contributed by atoms with van der Waals surface area (Å²) in [7, 11) is 0. The first-order chi connectivity index (χ1) is 6.85. The van der Waals surface area contributed by atoms with Crippen LogP contribution in [0.5, 0.6) is 0 Å². The van der Waals surface area contributed by atoms with Crippen LogP contribution >= 0.6 is 11.9 Å². The number of terminal acetylenes is 1. The highest BCUT2D eigenvalue weighted by Crippen LogP contribution is 2.24. The monoisotopic (exact) mass is 199 g/mol. The quantitative estimate of drug-likeness (QED) is 0.564. The largest absolute Gasteiger partial charge is 0.274 e. The van der Waals surface area contributed by atoms with Gasteiger partial charge >= 0.3 is 0 Å².